The summed E-state index contributed by atoms with van der Waals surface area (Å²) in [4.78, 5) is 25.9. The van der Waals surface area contributed by atoms with E-state index in [1.807, 2.05) is 30.3 Å². The lowest BCUT2D eigenvalue weighted by Crippen LogP contribution is -2.46. The molecular weight excluding hydrogens is 584 g/mol. The number of aliphatic hydroxyl groups is 1. The molecule has 0 amide bonds. The molecule has 0 radical (unpaired) electrons. The van der Waals surface area contributed by atoms with Gasteiger partial charge in [0.25, 0.3) is 0 Å². The third-order valence-electron chi connectivity index (χ3n) is 8.02. The van der Waals surface area contributed by atoms with Crippen LogP contribution in [0.2, 0.25) is 0 Å². The van der Waals surface area contributed by atoms with E-state index in [0.29, 0.717) is 5.56 Å². The van der Waals surface area contributed by atoms with Crippen molar-refractivity contribution in [2.24, 2.45) is 5.92 Å². The summed E-state index contributed by atoms with van der Waals surface area (Å²) < 4.78 is 40.0. The van der Waals surface area contributed by atoms with Crippen LogP contribution in [0.1, 0.15) is 49.7 Å². The molecule has 0 spiro atoms. The Morgan fingerprint density at radius 2 is 1.38 bits per heavy atom. The molecule has 0 saturated carbocycles. The number of ether oxygens (including phenoxy) is 7. The number of aromatic hydroxyl groups is 1. The van der Waals surface area contributed by atoms with E-state index < -0.39 is 41.4 Å². The standard InChI is InChI=1S/C34H38O11/c1-18-29(44-19(2)35)21-16-24(40-5)31(42-7)32(43-8)27(21)26-22(17-23(39-4)30(41-6)28(26)37)33(34(18,3)38)45-25(36)15-14-20-12-10-9-11-13-20/h9-18,29,33,37-38H,1-8H3/t18-,29+,33-,34-/m0/s1. The number of hydrogen-bond donors (Lipinski definition) is 2. The highest BCUT2D eigenvalue weighted by Gasteiger charge is 2.51. The van der Waals surface area contributed by atoms with Crippen LogP contribution in [0.5, 0.6) is 34.5 Å². The molecule has 0 fully saturated rings. The molecule has 0 heterocycles. The summed E-state index contributed by atoms with van der Waals surface area (Å²) in [5.74, 6) is -2.13. The van der Waals surface area contributed by atoms with E-state index >= 15 is 0 Å². The van der Waals surface area contributed by atoms with Gasteiger partial charge in [-0.15, -0.1) is 0 Å². The zero-order valence-corrected chi connectivity index (χ0v) is 26.5. The predicted molar refractivity (Wildman–Crippen MR) is 165 cm³/mol. The lowest BCUT2D eigenvalue weighted by Gasteiger charge is -2.43. The van der Waals surface area contributed by atoms with Gasteiger partial charge in [-0.3, -0.25) is 4.79 Å². The molecule has 0 aromatic heterocycles. The number of methoxy groups -OCH3 is 5. The fourth-order valence-electron chi connectivity index (χ4n) is 5.66. The van der Waals surface area contributed by atoms with Crippen molar-refractivity contribution in [3.63, 3.8) is 0 Å². The van der Waals surface area contributed by atoms with Gasteiger partial charge < -0.3 is 43.4 Å². The minimum absolute atomic E-state index is 0.0367. The van der Waals surface area contributed by atoms with Crippen molar-refractivity contribution in [1.82, 2.24) is 0 Å². The van der Waals surface area contributed by atoms with Crippen molar-refractivity contribution < 1.29 is 53.0 Å². The van der Waals surface area contributed by atoms with Crippen LogP contribution in [-0.4, -0.2) is 63.3 Å². The molecule has 2 N–H and O–H groups in total. The lowest BCUT2D eigenvalue weighted by molar-refractivity contribution is -0.181. The molecule has 0 aliphatic heterocycles. The Kier molecular flexibility index (Phi) is 9.82. The highest BCUT2D eigenvalue weighted by atomic mass is 16.6. The van der Waals surface area contributed by atoms with E-state index in [-0.39, 0.29) is 45.4 Å². The summed E-state index contributed by atoms with van der Waals surface area (Å²) in [5.41, 5.74) is -0.365. The zero-order valence-electron chi connectivity index (χ0n) is 26.5. The summed E-state index contributed by atoms with van der Waals surface area (Å²) >= 11 is 0. The number of fused-ring (bicyclic) bond motifs is 3. The lowest BCUT2D eigenvalue weighted by atomic mass is 9.71. The Morgan fingerprint density at radius 3 is 1.93 bits per heavy atom. The van der Waals surface area contributed by atoms with Crippen LogP contribution in [-0.2, 0) is 19.1 Å². The van der Waals surface area contributed by atoms with Crippen LogP contribution in [0.4, 0.5) is 0 Å². The van der Waals surface area contributed by atoms with Crippen molar-refractivity contribution in [1.29, 1.82) is 0 Å². The predicted octanol–water partition coefficient (Wildman–Crippen LogP) is 5.40. The molecule has 3 aromatic carbocycles. The van der Waals surface area contributed by atoms with Gasteiger partial charge >= 0.3 is 11.9 Å². The van der Waals surface area contributed by atoms with Gasteiger partial charge in [0.2, 0.25) is 11.5 Å². The Balaban J connectivity index is 2.13. The maximum absolute atomic E-state index is 13.4. The average molecular weight is 623 g/mol. The summed E-state index contributed by atoms with van der Waals surface area (Å²) in [7, 11) is 7.00. The molecule has 11 nitrogen and oxygen atoms in total. The highest BCUT2D eigenvalue weighted by molar-refractivity contribution is 5.90. The maximum atomic E-state index is 13.4. The number of hydrogen-bond acceptors (Lipinski definition) is 11. The topological polar surface area (TPSA) is 139 Å². The number of phenolic OH excluding ortho intramolecular Hbond substituents is 1. The minimum Gasteiger partial charge on any atom is -0.504 e. The van der Waals surface area contributed by atoms with Gasteiger partial charge in [-0.2, -0.15) is 0 Å². The van der Waals surface area contributed by atoms with Crippen LogP contribution < -0.4 is 23.7 Å². The molecule has 4 atom stereocenters. The molecular formula is C34H38O11. The Hall–Kier alpha value is -4.90. The van der Waals surface area contributed by atoms with Crippen LogP contribution >= 0.6 is 0 Å². The van der Waals surface area contributed by atoms with E-state index in [0.717, 1.165) is 5.56 Å². The van der Waals surface area contributed by atoms with Crippen LogP contribution in [0.25, 0.3) is 17.2 Å². The van der Waals surface area contributed by atoms with Gasteiger partial charge in [0.05, 0.1) is 35.5 Å². The van der Waals surface area contributed by atoms with Crippen molar-refractivity contribution in [2.45, 2.75) is 38.6 Å². The second kappa shape index (κ2) is 13.4. The molecule has 0 bridgehead atoms. The summed E-state index contributed by atoms with van der Waals surface area (Å²) in [5, 5.41) is 24.2. The Morgan fingerprint density at radius 1 is 0.800 bits per heavy atom. The average Bonchev–Trinajstić information content (AvgIpc) is 3.03. The first-order valence-electron chi connectivity index (χ1n) is 14.1. The quantitative estimate of drug-likeness (QED) is 0.234. The van der Waals surface area contributed by atoms with E-state index in [4.69, 9.17) is 33.2 Å². The summed E-state index contributed by atoms with van der Waals surface area (Å²) in [6, 6.07) is 12.2. The maximum Gasteiger partial charge on any atom is 0.331 e. The third kappa shape index (κ3) is 6.08. The SMILES string of the molecule is COc1cc2c(c(O)c1OC)-c1c(cc(OC)c(OC)c1OC)[C@H](OC(C)=O)[C@H](C)[C@](C)(O)[C@H]2OC(=O)C=Cc1ccccc1. The van der Waals surface area contributed by atoms with Crippen molar-refractivity contribution in [3.05, 3.63) is 65.2 Å². The number of rotatable bonds is 9. The van der Waals surface area contributed by atoms with E-state index in [9.17, 15) is 19.8 Å². The van der Waals surface area contributed by atoms with Gasteiger partial charge in [-0.1, -0.05) is 37.3 Å². The first kappa shape index (κ1) is 33.0. The van der Waals surface area contributed by atoms with E-state index in [1.165, 1.54) is 61.5 Å². The van der Waals surface area contributed by atoms with Gasteiger partial charge in [0.1, 0.15) is 11.7 Å². The molecule has 11 heteroatoms. The molecule has 3 aromatic rings. The van der Waals surface area contributed by atoms with Crippen LogP contribution in [0, 0.1) is 5.92 Å². The molecule has 1 aliphatic rings. The summed E-state index contributed by atoms with van der Waals surface area (Å²) in [6.07, 6.45) is 0.224. The monoisotopic (exact) mass is 622 g/mol. The molecule has 4 rings (SSSR count). The number of esters is 2. The smallest absolute Gasteiger partial charge is 0.331 e. The Labute approximate surface area is 261 Å². The largest absolute Gasteiger partial charge is 0.504 e. The van der Waals surface area contributed by atoms with Gasteiger partial charge in [0.15, 0.2) is 29.1 Å². The van der Waals surface area contributed by atoms with Crippen LogP contribution in [0.15, 0.2) is 48.5 Å². The van der Waals surface area contributed by atoms with Crippen molar-refractivity contribution in [3.8, 4) is 45.6 Å². The molecule has 1 aliphatic carbocycles. The summed E-state index contributed by atoms with van der Waals surface area (Å²) in [6.45, 7) is 4.36. The molecule has 240 valence electrons. The number of phenols is 1. The Bertz CT molecular complexity index is 1590. The molecule has 45 heavy (non-hydrogen) atoms. The molecule has 0 unspecified atom stereocenters. The second-order valence-electron chi connectivity index (χ2n) is 10.6. The number of benzene rings is 3. The van der Waals surface area contributed by atoms with Crippen LogP contribution in [0.3, 0.4) is 0 Å². The van der Waals surface area contributed by atoms with Gasteiger partial charge in [0, 0.05) is 41.2 Å². The normalized spacial score (nSPS) is 20.6. The highest BCUT2D eigenvalue weighted by Crippen LogP contribution is 2.60. The van der Waals surface area contributed by atoms with Gasteiger partial charge in [-0.25, -0.2) is 4.79 Å². The zero-order chi connectivity index (χ0) is 33.1. The fourth-order valence-corrected chi connectivity index (χ4v) is 5.66. The molecule has 0 saturated heterocycles. The number of carbonyl (C=O) groups is 2. The van der Waals surface area contributed by atoms with Gasteiger partial charge in [-0.05, 0) is 30.7 Å². The van der Waals surface area contributed by atoms with E-state index in [1.54, 1.807) is 19.1 Å². The van der Waals surface area contributed by atoms with Crippen molar-refractivity contribution in [2.75, 3.05) is 35.5 Å². The number of carbonyl (C=O) groups excluding carboxylic acids is 2. The second-order valence-corrected chi connectivity index (χ2v) is 10.6. The first-order chi connectivity index (χ1) is 21.4. The third-order valence-corrected chi connectivity index (χ3v) is 8.02. The van der Waals surface area contributed by atoms with Crippen molar-refractivity contribution >= 4 is 18.0 Å². The minimum atomic E-state index is -1.91. The first-order valence-corrected chi connectivity index (χ1v) is 14.1. The fraction of sp³-hybridized carbons (Fsp3) is 0.353. The van der Waals surface area contributed by atoms with E-state index in [2.05, 4.69) is 0 Å².